The summed E-state index contributed by atoms with van der Waals surface area (Å²) >= 11 is 0. The van der Waals surface area contributed by atoms with Crippen LogP contribution in [0.4, 0.5) is 15.9 Å². The molecule has 5 heteroatoms. The lowest BCUT2D eigenvalue weighted by Crippen LogP contribution is -2.09. The zero-order chi connectivity index (χ0) is 20.7. The van der Waals surface area contributed by atoms with Crippen LogP contribution < -0.4 is 10.1 Å². The molecule has 1 atom stereocenters. The Kier molecular flexibility index (Phi) is 5.07. The van der Waals surface area contributed by atoms with Crippen molar-refractivity contribution in [3.05, 3.63) is 58.9 Å². The van der Waals surface area contributed by atoms with Gasteiger partial charge in [-0.3, -0.25) is 5.10 Å². The molecule has 4 nitrogen and oxygen atoms in total. The van der Waals surface area contributed by atoms with Gasteiger partial charge in [0.1, 0.15) is 17.4 Å². The van der Waals surface area contributed by atoms with E-state index in [1.807, 2.05) is 6.07 Å². The Morgan fingerprint density at radius 2 is 1.97 bits per heavy atom. The molecule has 4 rings (SSSR count). The quantitative estimate of drug-likeness (QED) is 0.509. The Morgan fingerprint density at radius 3 is 2.66 bits per heavy atom. The molecule has 1 heterocycles. The van der Waals surface area contributed by atoms with Crippen molar-refractivity contribution in [1.29, 1.82) is 0 Å². The standard InChI is InChI=1S/C24H28FN3O/c1-13(2)9-16-10-19-15(5)22-23(20(19)12-21(16)29-14(3)4)27-28-24(22)26-18-8-6-7-17(25)11-18/h6-8,10-15H,9H2,1-5H3,(H2,26,27,28). The number of hydrogen-bond donors (Lipinski definition) is 2. The van der Waals surface area contributed by atoms with Crippen LogP contribution in [-0.4, -0.2) is 16.3 Å². The van der Waals surface area contributed by atoms with Gasteiger partial charge >= 0.3 is 0 Å². The Bertz CT molecular complexity index is 1040. The van der Waals surface area contributed by atoms with Gasteiger partial charge in [-0.1, -0.05) is 32.9 Å². The van der Waals surface area contributed by atoms with Gasteiger partial charge in [-0.05, 0) is 61.6 Å². The van der Waals surface area contributed by atoms with E-state index in [0.717, 1.165) is 34.8 Å². The monoisotopic (exact) mass is 393 g/mol. The first-order valence-electron chi connectivity index (χ1n) is 10.3. The second kappa shape index (κ2) is 7.54. The van der Waals surface area contributed by atoms with Gasteiger partial charge in [0.2, 0.25) is 0 Å². The first-order valence-corrected chi connectivity index (χ1v) is 10.3. The van der Waals surface area contributed by atoms with Crippen LogP contribution in [0.1, 0.15) is 57.2 Å². The number of nitrogens with one attached hydrogen (secondary N) is 2. The lowest BCUT2D eigenvalue weighted by atomic mass is 9.93. The molecule has 29 heavy (non-hydrogen) atoms. The van der Waals surface area contributed by atoms with E-state index in [4.69, 9.17) is 4.74 Å². The summed E-state index contributed by atoms with van der Waals surface area (Å²) < 4.78 is 19.7. The molecule has 1 unspecified atom stereocenters. The van der Waals surface area contributed by atoms with Gasteiger partial charge in [0.05, 0.1) is 11.8 Å². The van der Waals surface area contributed by atoms with Crippen LogP contribution in [0.5, 0.6) is 5.75 Å². The molecule has 2 aromatic carbocycles. The number of nitrogens with zero attached hydrogens (tertiary/aromatic N) is 1. The van der Waals surface area contributed by atoms with Crippen LogP contribution in [0.15, 0.2) is 36.4 Å². The SMILES string of the molecule is CC(C)Cc1cc2c(cc1OC(C)C)-c1n[nH]c(Nc3cccc(F)c3)c1C2C. The van der Waals surface area contributed by atoms with E-state index in [-0.39, 0.29) is 17.8 Å². The van der Waals surface area contributed by atoms with Crippen molar-refractivity contribution >= 4 is 11.5 Å². The van der Waals surface area contributed by atoms with Gasteiger partial charge < -0.3 is 10.1 Å². The van der Waals surface area contributed by atoms with E-state index in [1.54, 1.807) is 6.07 Å². The number of benzene rings is 2. The molecular formula is C24H28FN3O. The molecule has 0 radical (unpaired) electrons. The number of rotatable bonds is 6. The van der Waals surface area contributed by atoms with Gasteiger partial charge in [0.15, 0.2) is 0 Å². The Labute approximate surface area is 171 Å². The second-order valence-corrected chi connectivity index (χ2v) is 8.53. The minimum atomic E-state index is -0.267. The first kappa shape index (κ1) is 19.5. The highest BCUT2D eigenvalue weighted by atomic mass is 19.1. The van der Waals surface area contributed by atoms with Crippen molar-refractivity contribution < 1.29 is 9.13 Å². The summed E-state index contributed by atoms with van der Waals surface area (Å²) in [5.41, 5.74) is 6.37. The summed E-state index contributed by atoms with van der Waals surface area (Å²) in [4.78, 5) is 0. The van der Waals surface area contributed by atoms with Gasteiger partial charge in [-0.15, -0.1) is 0 Å². The first-order chi connectivity index (χ1) is 13.8. The smallest absolute Gasteiger partial charge is 0.130 e. The minimum Gasteiger partial charge on any atom is -0.491 e. The zero-order valence-electron chi connectivity index (χ0n) is 17.6. The van der Waals surface area contributed by atoms with Gasteiger partial charge in [-0.25, -0.2) is 4.39 Å². The second-order valence-electron chi connectivity index (χ2n) is 8.53. The molecule has 0 amide bonds. The van der Waals surface area contributed by atoms with E-state index >= 15 is 0 Å². The molecule has 0 spiro atoms. The molecule has 1 aromatic heterocycles. The van der Waals surface area contributed by atoms with Crippen molar-refractivity contribution in [2.45, 2.75) is 53.1 Å². The molecule has 0 fully saturated rings. The van der Waals surface area contributed by atoms with Crippen LogP contribution in [-0.2, 0) is 6.42 Å². The fourth-order valence-corrected chi connectivity index (χ4v) is 4.11. The number of hydrogen-bond acceptors (Lipinski definition) is 3. The summed E-state index contributed by atoms with van der Waals surface area (Å²) in [5.74, 6) is 2.22. The Morgan fingerprint density at radius 1 is 1.17 bits per heavy atom. The van der Waals surface area contributed by atoms with Crippen LogP contribution in [0.25, 0.3) is 11.3 Å². The summed E-state index contributed by atoms with van der Waals surface area (Å²) in [7, 11) is 0. The van der Waals surface area contributed by atoms with Gasteiger partial charge in [-0.2, -0.15) is 5.10 Å². The van der Waals surface area contributed by atoms with Crippen LogP contribution in [0, 0.1) is 11.7 Å². The highest BCUT2D eigenvalue weighted by Gasteiger charge is 2.33. The lowest BCUT2D eigenvalue weighted by Gasteiger charge is -2.18. The zero-order valence-corrected chi connectivity index (χ0v) is 17.6. The van der Waals surface area contributed by atoms with E-state index in [9.17, 15) is 4.39 Å². The number of anilines is 2. The summed E-state index contributed by atoms with van der Waals surface area (Å²) in [6.45, 7) is 10.7. The van der Waals surface area contributed by atoms with E-state index in [1.165, 1.54) is 23.3 Å². The third-order valence-corrected chi connectivity index (χ3v) is 5.28. The predicted octanol–water partition coefficient (Wildman–Crippen LogP) is 6.41. The predicted molar refractivity (Wildman–Crippen MR) is 116 cm³/mol. The molecule has 0 saturated carbocycles. The Hall–Kier alpha value is -2.82. The number of aromatic amines is 1. The number of ether oxygens (including phenoxy) is 1. The van der Waals surface area contributed by atoms with Crippen molar-refractivity contribution in [1.82, 2.24) is 10.2 Å². The molecule has 0 saturated heterocycles. The molecule has 1 aliphatic rings. The van der Waals surface area contributed by atoms with Gasteiger partial charge in [0, 0.05) is 22.7 Å². The summed E-state index contributed by atoms with van der Waals surface area (Å²) in [5, 5.41) is 11.0. The van der Waals surface area contributed by atoms with E-state index in [0.29, 0.717) is 11.6 Å². The summed E-state index contributed by atoms with van der Waals surface area (Å²) in [6, 6.07) is 10.9. The van der Waals surface area contributed by atoms with Crippen LogP contribution in [0.3, 0.4) is 0 Å². The average molecular weight is 394 g/mol. The highest BCUT2D eigenvalue weighted by molar-refractivity contribution is 5.83. The fourth-order valence-electron chi connectivity index (χ4n) is 4.11. The molecule has 3 aromatic rings. The minimum absolute atomic E-state index is 0.113. The van der Waals surface area contributed by atoms with Crippen LogP contribution in [0.2, 0.25) is 0 Å². The molecule has 1 aliphatic carbocycles. The molecule has 152 valence electrons. The maximum atomic E-state index is 13.6. The molecular weight excluding hydrogens is 365 g/mol. The third-order valence-electron chi connectivity index (χ3n) is 5.28. The van der Waals surface area contributed by atoms with Crippen molar-refractivity contribution in [2.24, 2.45) is 5.92 Å². The largest absolute Gasteiger partial charge is 0.491 e. The van der Waals surface area contributed by atoms with E-state index in [2.05, 4.69) is 62.3 Å². The highest BCUT2D eigenvalue weighted by Crippen LogP contribution is 2.49. The van der Waals surface area contributed by atoms with Crippen LogP contribution >= 0.6 is 0 Å². The topological polar surface area (TPSA) is 49.9 Å². The third kappa shape index (κ3) is 3.74. The normalized spacial score (nSPS) is 15.0. The van der Waals surface area contributed by atoms with Crippen molar-refractivity contribution in [3.8, 4) is 17.0 Å². The number of aromatic nitrogens is 2. The number of H-pyrrole nitrogens is 1. The average Bonchev–Trinajstić information content (AvgIpc) is 3.15. The van der Waals surface area contributed by atoms with E-state index < -0.39 is 0 Å². The molecule has 0 bridgehead atoms. The maximum Gasteiger partial charge on any atom is 0.130 e. The maximum absolute atomic E-state index is 13.6. The van der Waals surface area contributed by atoms with Gasteiger partial charge in [0.25, 0.3) is 0 Å². The van der Waals surface area contributed by atoms with Crippen molar-refractivity contribution in [3.63, 3.8) is 0 Å². The molecule has 0 aliphatic heterocycles. The fraction of sp³-hybridized carbons (Fsp3) is 0.375. The molecule has 2 N–H and O–H groups in total. The number of halogens is 1. The Balaban J connectivity index is 1.74. The summed E-state index contributed by atoms with van der Waals surface area (Å²) in [6.07, 6.45) is 1.09. The lowest BCUT2D eigenvalue weighted by molar-refractivity contribution is 0.239. The number of fused-ring (bicyclic) bond motifs is 3. The van der Waals surface area contributed by atoms with Crippen molar-refractivity contribution in [2.75, 3.05) is 5.32 Å².